The van der Waals surface area contributed by atoms with E-state index in [1.165, 1.54) is 0 Å². The Bertz CT molecular complexity index is 1080. The fourth-order valence-corrected chi connectivity index (χ4v) is 4.35. The Balaban J connectivity index is 1.64. The molecule has 0 unspecified atom stereocenters. The van der Waals surface area contributed by atoms with Gasteiger partial charge in [-0.15, -0.1) is 0 Å². The molecule has 0 spiro atoms. The molecule has 2 atom stereocenters. The van der Waals surface area contributed by atoms with E-state index in [1.807, 2.05) is 84.9 Å². The molecular formula is C29H32N2O4. The topological polar surface area (TPSA) is 67.9 Å². The van der Waals surface area contributed by atoms with Crippen molar-refractivity contribution in [1.29, 1.82) is 0 Å². The molecule has 1 heterocycles. The van der Waals surface area contributed by atoms with Gasteiger partial charge in [0.25, 0.3) is 0 Å². The second kappa shape index (κ2) is 12.2. The zero-order chi connectivity index (χ0) is 24.5. The molecule has 2 amide bonds. The number of ether oxygens (including phenoxy) is 2. The minimum Gasteiger partial charge on any atom is -0.497 e. The van der Waals surface area contributed by atoms with Gasteiger partial charge in [-0.25, -0.2) is 0 Å². The molecule has 3 aromatic carbocycles. The van der Waals surface area contributed by atoms with Gasteiger partial charge in [-0.05, 0) is 41.7 Å². The summed E-state index contributed by atoms with van der Waals surface area (Å²) in [7, 11) is 1.62. The highest BCUT2D eigenvalue weighted by Gasteiger charge is 2.32. The first-order valence-corrected chi connectivity index (χ1v) is 12.0. The molecule has 6 heteroatoms. The van der Waals surface area contributed by atoms with Crippen LogP contribution in [-0.2, 0) is 27.3 Å². The van der Waals surface area contributed by atoms with Crippen LogP contribution in [0.1, 0.15) is 35.6 Å². The van der Waals surface area contributed by atoms with Crippen LogP contribution in [0.5, 0.6) is 5.75 Å². The zero-order valence-electron chi connectivity index (χ0n) is 20.1. The summed E-state index contributed by atoms with van der Waals surface area (Å²) in [4.78, 5) is 29.0. The normalized spacial score (nSPS) is 15.9. The van der Waals surface area contributed by atoms with Gasteiger partial charge in [-0.3, -0.25) is 9.59 Å². The van der Waals surface area contributed by atoms with Gasteiger partial charge < -0.3 is 19.7 Å². The third-order valence-corrected chi connectivity index (χ3v) is 6.23. The first-order valence-electron chi connectivity index (χ1n) is 12.0. The quantitative estimate of drug-likeness (QED) is 0.478. The predicted molar refractivity (Wildman–Crippen MR) is 135 cm³/mol. The van der Waals surface area contributed by atoms with Gasteiger partial charge in [0.2, 0.25) is 11.8 Å². The van der Waals surface area contributed by atoms with E-state index >= 15 is 0 Å². The molecule has 0 radical (unpaired) electrons. The second-order valence-electron chi connectivity index (χ2n) is 8.73. The van der Waals surface area contributed by atoms with E-state index < -0.39 is 6.04 Å². The van der Waals surface area contributed by atoms with Crippen molar-refractivity contribution in [2.45, 2.75) is 38.0 Å². The molecule has 1 aliphatic rings. The van der Waals surface area contributed by atoms with Gasteiger partial charge in [-0.1, -0.05) is 72.8 Å². The summed E-state index contributed by atoms with van der Waals surface area (Å²) in [6.07, 6.45) is 2.16. The van der Waals surface area contributed by atoms with Crippen LogP contribution in [0.25, 0.3) is 0 Å². The number of benzene rings is 3. The van der Waals surface area contributed by atoms with E-state index in [0.29, 0.717) is 13.1 Å². The lowest BCUT2D eigenvalue weighted by atomic mass is 10.0. The molecule has 1 aliphatic heterocycles. The van der Waals surface area contributed by atoms with Gasteiger partial charge in [-0.2, -0.15) is 0 Å². The summed E-state index contributed by atoms with van der Waals surface area (Å²) in [5, 5.41) is 3.05. The average molecular weight is 473 g/mol. The molecule has 3 aromatic rings. The largest absolute Gasteiger partial charge is 0.497 e. The molecule has 1 fully saturated rings. The summed E-state index contributed by atoms with van der Waals surface area (Å²) in [6.45, 7) is 1.45. The third-order valence-electron chi connectivity index (χ3n) is 6.23. The van der Waals surface area contributed by atoms with Gasteiger partial charge in [0.05, 0.1) is 19.6 Å². The van der Waals surface area contributed by atoms with Crippen molar-refractivity contribution in [2.24, 2.45) is 0 Å². The fraction of sp³-hybridized carbons (Fsp3) is 0.310. The summed E-state index contributed by atoms with van der Waals surface area (Å²) < 4.78 is 11.0. The number of nitrogens with zero attached hydrogens (tertiary/aromatic N) is 1. The van der Waals surface area contributed by atoms with Crippen LogP contribution in [0, 0.1) is 0 Å². The lowest BCUT2D eigenvalue weighted by molar-refractivity contribution is -0.141. The molecule has 182 valence electrons. The monoisotopic (exact) mass is 472 g/mol. The Morgan fingerprint density at radius 2 is 1.66 bits per heavy atom. The highest BCUT2D eigenvalue weighted by molar-refractivity contribution is 5.89. The predicted octanol–water partition coefficient (Wildman–Crippen LogP) is 4.30. The highest BCUT2D eigenvalue weighted by atomic mass is 16.5. The lowest BCUT2D eigenvalue weighted by Crippen LogP contribution is -2.45. The Hall–Kier alpha value is -3.64. The van der Waals surface area contributed by atoms with Crippen molar-refractivity contribution >= 4 is 11.8 Å². The van der Waals surface area contributed by atoms with E-state index in [2.05, 4.69) is 5.32 Å². The summed E-state index contributed by atoms with van der Waals surface area (Å²) in [5.74, 6) is 0.416. The minimum atomic E-state index is -0.768. The Morgan fingerprint density at radius 3 is 2.29 bits per heavy atom. The van der Waals surface area contributed by atoms with E-state index in [1.54, 1.807) is 12.0 Å². The number of nitrogens with one attached hydrogen (secondary N) is 1. The van der Waals surface area contributed by atoms with E-state index in [4.69, 9.17) is 9.47 Å². The number of amides is 2. The maximum Gasteiger partial charge on any atom is 0.247 e. The average Bonchev–Trinajstić information content (AvgIpc) is 3.42. The van der Waals surface area contributed by atoms with Crippen LogP contribution in [0.2, 0.25) is 0 Å². The van der Waals surface area contributed by atoms with Gasteiger partial charge >= 0.3 is 0 Å². The SMILES string of the molecule is COc1ccc(CN(C(=O)Cc2ccccc2)[C@@H](C(=O)NC[C@H]2CCCO2)c2ccccc2)cc1. The van der Waals surface area contributed by atoms with Crippen molar-refractivity contribution in [3.8, 4) is 5.75 Å². The number of hydrogen-bond acceptors (Lipinski definition) is 4. The van der Waals surface area contributed by atoms with Crippen LogP contribution in [0.15, 0.2) is 84.9 Å². The minimum absolute atomic E-state index is 0.0189. The molecule has 0 aromatic heterocycles. The Kier molecular flexibility index (Phi) is 8.52. The van der Waals surface area contributed by atoms with Crippen molar-refractivity contribution in [3.05, 3.63) is 102 Å². The van der Waals surface area contributed by atoms with Gasteiger partial charge in [0, 0.05) is 19.7 Å². The number of methoxy groups -OCH3 is 1. The molecule has 6 nitrogen and oxygen atoms in total. The maximum absolute atomic E-state index is 13.7. The summed E-state index contributed by atoms with van der Waals surface area (Å²) >= 11 is 0. The van der Waals surface area contributed by atoms with Crippen molar-refractivity contribution in [3.63, 3.8) is 0 Å². The van der Waals surface area contributed by atoms with Crippen molar-refractivity contribution < 1.29 is 19.1 Å². The molecule has 1 N–H and O–H groups in total. The lowest BCUT2D eigenvalue weighted by Gasteiger charge is -2.32. The first-order chi connectivity index (χ1) is 17.1. The number of carbonyl (C=O) groups excluding carboxylic acids is 2. The Labute approximate surface area is 206 Å². The second-order valence-corrected chi connectivity index (χ2v) is 8.73. The standard InChI is InChI=1S/C29H32N2O4/c1-34-25-16-14-23(15-17-25)21-31(27(32)19-22-9-4-2-5-10-22)28(24-11-6-3-7-12-24)29(33)30-20-26-13-8-18-35-26/h2-7,9-12,14-17,26,28H,8,13,18-21H2,1H3,(H,30,33)/t26-,28-/m1/s1. The van der Waals surface area contributed by atoms with Gasteiger partial charge in [0.1, 0.15) is 11.8 Å². The third kappa shape index (κ3) is 6.70. The molecular weight excluding hydrogens is 440 g/mol. The van der Waals surface area contributed by atoms with Crippen LogP contribution in [0.4, 0.5) is 0 Å². The van der Waals surface area contributed by atoms with Crippen LogP contribution in [0.3, 0.4) is 0 Å². The molecule has 0 saturated carbocycles. The van der Waals surface area contributed by atoms with Crippen LogP contribution >= 0.6 is 0 Å². The zero-order valence-corrected chi connectivity index (χ0v) is 20.1. The molecule has 1 saturated heterocycles. The van der Waals surface area contributed by atoms with Gasteiger partial charge in [0.15, 0.2) is 0 Å². The fourth-order valence-electron chi connectivity index (χ4n) is 4.35. The number of hydrogen-bond donors (Lipinski definition) is 1. The highest BCUT2D eigenvalue weighted by Crippen LogP contribution is 2.26. The van der Waals surface area contributed by atoms with Crippen LogP contribution < -0.4 is 10.1 Å². The Morgan fingerprint density at radius 1 is 0.971 bits per heavy atom. The summed E-state index contributed by atoms with van der Waals surface area (Å²) in [5.41, 5.74) is 2.59. The van der Waals surface area contributed by atoms with E-state index in [9.17, 15) is 9.59 Å². The first kappa shape index (κ1) is 24.5. The van der Waals surface area contributed by atoms with Crippen molar-refractivity contribution in [2.75, 3.05) is 20.3 Å². The molecule has 0 bridgehead atoms. The molecule has 4 rings (SSSR count). The molecule has 0 aliphatic carbocycles. The maximum atomic E-state index is 13.7. The summed E-state index contributed by atoms with van der Waals surface area (Å²) in [6, 6.07) is 25.9. The number of rotatable bonds is 10. The van der Waals surface area contributed by atoms with E-state index in [-0.39, 0.29) is 24.3 Å². The molecule has 35 heavy (non-hydrogen) atoms. The number of carbonyl (C=O) groups is 2. The van der Waals surface area contributed by atoms with Crippen molar-refractivity contribution in [1.82, 2.24) is 10.2 Å². The van der Waals surface area contributed by atoms with E-state index in [0.717, 1.165) is 41.9 Å². The van der Waals surface area contributed by atoms with Crippen LogP contribution in [-0.4, -0.2) is 43.1 Å². The smallest absolute Gasteiger partial charge is 0.247 e.